The predicted molar refractivity (Wildman–Crippen MR) is 118 cm³/mol. The molecule has 1 aromatic carbocycles. The van der Waals surface area contributed by atoms with Gasteiger partial charge in [-0.2, -0.15) is 0 Å². The number of benzene rings is 1. The second-order valence-corrected chi connectivity index (χ2v) is 7.90. The molecule has 0 radical (unpaired) electrons. The van der Waals surface area contributed by atoms with E-state index >= 15 is 0 Å². The number of nitrogens with zero attached hydrogens (tertiary/aromatic N) is 3. The van der Waals surface area contributed by atoms with Crippen LogP contribution in [-0.4, -0.2) is 54.8 Å². The number of amides is 1. The molecule has 12 heteroatoms. The average molecular weight is 496 g/mol. The molecule has 1 aliphatic rings. The molecule has 0 bridgehead atoms. The molecule has 1 aromatic heterocycles. The highest BCUT2D eigenvalue weighted by atomic mass is 35.5. The summed E-state index contributed by atoms with van der Waals surface area (Å²) in [6, 6.07) is 3.06. The van der Waals surface area contributed by atoms with Crippen LogP contribution in [0.25, 0.3) is 0 Å². The highest BCUT2D eigenvalue weighted by Crippen LogP contribution is 2.36. The highest BCUT2D eigenvalue weighted by Gasteiger charge is 2.34. The van der Waals surface area contributed by atoms with Crippen molar-refractivity contribution >= 4 is 29.3 Å². The molecule has 0 aliphatic carbocycles. The smallest absolute Gasteiger partial charge is 0.338 e. The van der Waals surface area contributed by atoms with Crippen molar-refractivity contribution in [3.05, 3.63) is 75.5 Å². The summed E-state index contributed by atoms with van der Waals surface area (Å²) in [6.07, 6.45) is 0.875. The number of pyridine rings is 1. The van der Waals surface area contributed by atoms with Crippen LogP contribution in [-0.2, 0) is 14.3 Å². The van der Waals surface area contributed by atoms with E-state index in [-0.39, 0.29) is 52.9 Å². The maximum Gasteiger partial charge on any atom is 0.338 e. The number of primary amides is 1. The number of halogens is 4. The summed E-state index contributed by atoms with van der Waals surface area (Å²) >= 11 is 6.25. The molecule has 180 valence electrons. The Morgan fingerprint density at radius 3 is 2.59 bits per heavy atom. The SMILES string of the molecule is COC(=O)C1=C(CN(C)CCC(N)=O)NC(c2ncc(F)cc2F)=N[C@H]1c1ccc(F)cc1Cl. The number of methoxy groups -OCH3 is 1. The van der Waals surface area contributed by atoms with E-state index in [1.165, 1.54) is 13.2 Å². The minimum atomic E-state index is -1.12. The Labute approximate surface area is 198 Å². The predicted octanol–water partition coefficient (Wildman–Crippen LogP) is 2.48. The third-order valence-corrected chi connectivity index (χ3v) is 5.32. The maximum atomic E-state index is 14.5. The van der Waals surface area contributed by atoms with Crippen LogP contribution < -0.4 is 11.1 Å². The van der Waals surface area contributed by atoms with Crippen LogP contribution in [0.3, 0.4) is 0 Å². The van der Waals surface area contributed by atoms with Crippen LogP contribution in [0.2, 0.25) is 5.02 Å². The summed E-state index contributed by atoms with van der Waals surface area (Å²) in [4.78, 5) is 33.8. The van der Waals surface area contributed by atoms with E-state index in [1.807, 2.05) is 0 Å². The third kappa shape index (κ3) is 5.72. The standard InChI is InChI=1S/C22H21ClF3N5O3/c1-31(6-5-17(27)32)10-16-18(22(33)34-2)19(13-4-3-11(24)7-14(13)23)30-21(29-16)20-15(26)8-12(25)9-28-20/h3-4,7-9,19H,5-6,10H2,1-2H3,(H2,27,32)(H,29,30)/t19-/m0/s1. The van der Waals surface area contributed by atoms with Gasteiger partial charge in [-0.3, -0.25) is 9.79 Å². The summed E-state index contributed by atoms with van der Waals surface area (Å²) in [7, 11) is 2.85. The van der Waals surface area contributed by atoms with Crippen LogP contribution in [0.15, 0.2) is 46.7 Å². The van der Waals surface area contributed by atoms with Crippen LogP contribution >= 0.6 is 11.6 Å². The van der Waals surface area contributed by atoms with Gasteiger partial charge in [0.05, 0.1) is 18.9 Å². The van der Waals surface area contributed by atoms with Crippen molar-refractivity contribution in [3.63, 3.8) is 0 Å². The third-order valence-electron chi connectivity index (χ3n) is 4.99. The highest BCUT2D eigenvalue weighted by molar-refractivity contribution is 6.31. The van der Waals surface area contributed by atoms with Gasteiger partial charge in [-0.25, -0.2) is 22.9 Å². The van der Waals surface area contributed by atoms with Crippen molar-refractivity contribution in [1.82, 2.24) is 15.2 Å². The molecule has 2 aromatic rings. The summed E-state index contributed by atoms with van der Waals surface area (Å²) in [6.45, 7) is 0.321. The van der Waals surface area contributed by atoms with Gasteiger partial charge in [-0.1, -0.05) is 17.7 Å². The molecule has 1 aliphatic heterocycles. The molecule has 0 unspecified atom stereocenters. The van der Waals surface area contributed by atoms with E-state index in [9.17, 15) is 22.8 Å². The lowest BCUT2D eigenvalue weighted by molar-refractivity contribution is -0.136. The van der Waals surface area contributed by atoms with Gasteiger partial charge in [0.15, 0.2) is 11.7 Å². The van der Waals surface area contributed by atoms with Gasteiger partial charge in [0.2, 0.25) is 5.91 Å². The molecule has 34 heavy (non-hydrogen) atoms. The fourth-order valence-corrected chi connectivity index (χ4v) is 3.65. The van der Waals surface area contributed by atoms with Crippen molar-refractivity contribution < 1.29 is 27.5 Å². The van der Waals surface area contributed by atoms with Crippen LogP contribution in [0.4, 0.5) is 13.2 Å². The number of carbonyl (C=O) groups excluding carboxylic acids is 2. The van der Waals surface area contributed by atoms with Crippen molar-refractivity contribution in [1.29, 1.82) is 0 Å². The minimum absolute atomic E-state index is 0.0228. The normalized spacial score (nSPS) is 15.7. The van der Waals surface area contributed by atoms with Gasteiger partial charge in [-0.05, 0) is 19.2 Å². The van der Waals surface area contributed by atoms with E-state index < -0.39 is 35.4 Å². The maximum absolute atomic E-state index is 14.5. The van der Waals surface area contributed by atoms with Gasteiger partial charge in [0, 0.05) is 41.9 Å². The van der Waals surface area contributed by atoms with Crippen LogP contribution in [0.5, 0.6) is 0 Å². The molecule has 8 nitrogen and oxygen atoms in total. The summed E-state index contributed by atoms with van der Waals surface area (Å²) in [5.41, 5.74) is 5.45. The first-order valence-corrected chi connectivity index (χ1v) is 10.4. The minimum Gasteiger partial charge on any atom is -0.466 e. The molecule has 0 fully saturated rings. The Morgan fingerprint density at radius 1 is 1.24 bits per heavy atom. The Kier molecular flexibility index (Phi) is 7.90. The van der Waals surface area contributed by atoms with E-state index in [0.29, 0.717) is 6.07 Å². The summed E-state index contributed by atoms with van der Waals surface area (Å²) in [5, 5.41) is 2.85. The molecule has 2 heterocycles. The summed E-state index contributed by atoms with van der Waals surface area (Å²) < 4.78 is 46.6. The molecule has 3 N–H and O–H groups in total. The van der Waals surface area contributed by atoms with Crippen molar-refractivity contribution in [2.45, 2.75) is 12.5 Å². The number of aliphatic imine (C=N–C) groups is 1. The second kappa shape index (κ2) is 10.7. The Morgan fingerprint density at radius 2 is 1.97 bits per heavy atom. The zero-order valence-electron chi connectivity index (χ0n) is 18.2. The molecule has 1 amide bonds. The van der Waals surface area contributed by atoms with E-state index in [1.54, 1.807) is 11.9 Å². The number of likely N-dealkylation sites (N-methyl/N-ethyl adjacent to an activating group) is 1. The number of hydrogen-bond acceptors (Lipinski definition) is 7. The quantitative estimate of drug-likeness (QED) is 0.544. The van der Waals surface area contributed by atoms with Gasteiger partial charge in [-0.15, -0.1) is 0 Å². The molecule has 0 spiro atoms. The second-order valence-electron chi connectivity index (χ2n) is 7.49. The van der Waals surface area contributed by atoms with Crippen LogP contribution in [0, 0.1) is 17.5 Å². The summed E-state index contributed by atoms with van der Waals surface area (Å²) in [5.74, 6) is -3.85. The number of amidine groups is 1. The molecular formula is C22H21ClF3N5O3. The fraction of sp³-hybridized carbons (Fsp3) is 0.273. The van der Waals surface area contributed by atoms with E-state index in [0.717, 1.165) is 18.3 Å². The lowest BCUT2D eigenvalue weighted by atomic mass is 9.95. The molecule has 1 atom stereocenters. The molecule has 0 saturated carbocycles. The largest absolute Gasteiger partial charge is 0.466 e. The lowest BCUT2D eigenvalue weighted by Crippen LogP contribution is -2.40. The van der Waals surface area contributed by atoms with Gasteiger partial charge >= 0.3 is 5.97 Å². The van der Waals surface area contributed by atoms with Gasteiger partial charge < -0.3 is 20.7 Å². The molecule has 3 rings (SSSR count). The number of nitrogens with one attached hydrogen (secondary N) is 1. The fourth-order valence-electron chi connectivity index (χ4n) is 3.38. The first kappa shape index (κ1) is 25.2. The molecular weight excluding hydrogens is 475 g/mol. The number of rotatable bonds is 8. The van der Waals surface area contributed by atoms with E-state index in [4.69, 9.17) is 22.1 Å². The monoisotopic (exact) mass is 495 g/mol. The topological polar surface area (TPSA) is 110 Å². The van der Waals surface area contributed by atoms with Crippen molar-refractivity contribution in [2.24, 2.45) is 10.7 Å². The number of esters is 1. The lowest BCUT2D eigenvalue weighted by Gasteiger charge is -2.29. The van der Waals surface area contributed by atoms with E-state index in [2.05, 4.69) is 15.3 Å². The zero-order chi connectivity index (χ0) is 25.0. The van der Waals surface area contributed by atoms with Crippen molar-refractivity contribution in [2.75, 3.05) is 27.2 Å². The first-order chi connectivity index (χ1) is 16.1. The van der Waals surface area contributed by atoms with Gasteiger partial charge in [0.1, 0.15) is 23.4 Å². The first-order valence-electron chi connectivity index (χ1n) is 10.00. The average Bonchev–Trinajstić information content (AvgIpc) is 2.77. The Balaban J connectivity index is 2.15. The molecule has 0 saturated heterocycles. The number of nitrogens with two attached hydrogens (primary N) is 1. The number of carbonyl (C=O) groups is 2. The van der Waals surface area contributed by atoms with Crippen molar-refractivity contribution in [3.8, 4) is 0 Å². The zero-order valence-corrected chi connectivity index (χ0v) is 19.0. The number of hydrogen-bond donors (Lipinski definition) is 2. The Hall–Kier alpha value is -3.44. The van der Waals surface area contributed by atoms with Gasteiger partial charge in [0.25, 0.3) is 0 Å². The van der Waals surface area contributed by atoms with Crippen LogP contribution in [0.1, 0.15) is 23.7 Å². The number of ether oxygens (including phenoxy) is 1. The Bertz CT molecular complexity index is 1190. The number of aromatic nitrogens is 1.